The second-order valence-electron chi connectivity index (χ2n) is 5.95. The topological polar surface area (TPSA) is 74.7 Å². The fourth-order valence-corrected chi connectivity index (χ4v) is 3.32. The average Bonchev–Trinajstić information content (AvgIpc) is 2.96. The second-order valence-corrected chi connectivity index (χ2v) is 5.95. The highest BCUT2D eigenvalue weighted by Gasteiger charge is 2.38. The van der Waals surface area contributed by atoms with E-state index in [1.807, 2.05) is 0 Å². The molecule has 3 rings (SSSR count). The van der Waals surface area contributed by atoms with Crippen LogP contribution in [0.4, 0.5) is 0 Å². The smallest absolute Gasteiger partial charge is 0.335 e. The molecule has 1 aromatic carbocycles. The van der Waals surface area contributed by atoms with Gasteiger partial charge < -0.3 is 5.11 Å². The Morgan fingerprint density at radius 2 is 1.95 bits per heavy atom. The maximum Gasteiger partial charge on any atom is 0.335 e. The highest BCUT2D eigenvalue weighted by Crippen LogP contribution is 2.34. The van der Waals surface area contributed by atoms with E-state index in [1.165, 1.54) is 23.1 Å². The number of hydrogen-bond acceptors (Lipinski definition) is 3. The summed E-state index contributed by atoms with van der Waals surface area (Å²) in [5.41, 5.74) is 0.562. The van der Waals surface area contributed by atoms with Crippen molar-refractivity contribution >= 4 is 17.8 Å². The molecular formula is C16H17NO4. The summed E-state index contributed by atoms with van der Waals surface area (Å²) < 4.78 is 0. The first-order chi connectivity index (χ1) is 9.99. The SMILES string of the molecule is CC1CCCC1CN1C(=O)c2ccc(C(=O)O)cc2C1=O. The average molecular weight is 287 g/mol. The first-order valence-corrected chi connectivity index (χ1v) is 7.22. The molecule has 0 spiro atoms. The summed E-state index contributed by atoms with van der Waals surface area (Å²) in [5, 5.41) is 8.99. The van der Waals surface area contributed by atoms with Crippen LogP contribution in [-0.2, 0) is 0 Å². The predicted octanol–water partition coefficient (Wildman–Crippen LogP) is 2.42. The van der Waals surface area contributed by atoms with Crippen LogP contribution in [0.2, 0.25) is 0 Å². The fourth-order valence-electron chi connectivity index (χ4n) is 3.32. The third-order valence-corrected chi connectivity index (χ3v) is 4.67. The molecule has 1 saturated carbocycles. The van der Waals surface area contributed by atoms with E-state index in [0.29, 0.717) is 23.9 Å². The van der Waals surface area contributed by atoms with Gasteiger partial charge >= 0.3 is 5.97 Å². The molecular weight excluding hydrogens is 270 g/mol. The molecule has 1 fully saturated rings. The first kappa shape index (κ1) is 13.8. The van der Waals surface area contributed by atoms with Crippen molar-refractivity contribution in [2.75, 3.05) is 6.54 Å². The molecule has 2 amide bonds. The Morgan fingerprint density at radius 1 is 1.24 bits per heavy atom. The predicted molar refractivity (Wildman–Crippen MR) is 75.3 cm³/mol. The Balaban J connectivity index is 1.88. The Hall–Kier alpha value is -2.17. The molecule has 1 heterocycles. The zero-order valence-electron chi connectivity index (χ0n) is 11.8. The maximum atomic E-state index is 12.4. The molecule has 0 bridgehead atoms. The van der Waals surface area contributed by atoms with Crippen LogP contribution in [0, 0.1) is 11.8 Å². The van der Waals surface area contributed by atoms with Gasteiger partial charge in [0.2, 0.25) is 0 Å². The minimum atomic E-state index is -1.10. The summed E-state index contributed by atoms with van der Waals surface area (Å²) in [6.07, 6.45) is 3.31. The summed E-state index contributed by atoms with van der Waals surface area (Å²) in [6.45, 7) is 2.59. The van der Waals surface area contributed by atoms with Gasteiger partial charge in [-0.2, -0.15) is 0 Å². The van der Waals surface area contributed by atoms with Crippen LogP contribution in [0.3, 0.4) is 0 Å². The molecule has 5 heteroatoms. The van der Waals surface area contributed by atoms with Gasteiger partial charge in [-0.25, -0.2) is 4.79 Å². The van der Waals surface area contributed by atoms with Crippen molar-refractivity contribution in [2.45, 2.75) is 26.2 Å². The van der Waals surface area contributed by atoms with Crippen molar-refractivity contribution in [2.24, 2.45) is 11.8 Å². The van der Waals surface area contributed by atoms with Crippen LogP contribution >= 0.6 is 0 Å². The monoisotopic (exact) mass is 287 g/mol. The van der Waals surface area contributed by atoms with E-state index in [2.05, 4.69) is 6.92 Å². The van der Waals surface area contributed by atoms with E-state index in [9.17, 15) is 14.4 Å². The maximum absolute atomic E-state index is 12.4. The van der Waals surface area contributed by atoms with E-state index < -0.39 is 5.97 Å². The summed E-state index contributed by atoms with van der Waals surface area (Å²) in [5.74, 6) is -0.890. The number of carbonyl (C=O) groups is 3. The van der Waals surface area contributed by atoms with Gasteiger partial charge in [-0.15, -0.1) is 0 Å². The lowest BCUT2D eigenvalue weighted by Crippen LogP contribution is -2.35. The number of imide groups is 1. The lowest BCUT2D eigenvalue weighted by molar-refractivity contribution is 0.0618. The quantitative estimate of drug-likeness (QED) is 0.866. The molecule has 21 heavy (non-hydrogen) atoms. The summed E-state index contributed by atoms with van der Waals surface area (Å²) in [4.78, 5) is 37.0. The number of amides is 2. The molecule has 1 aliphatic heterocycles. The molecule has 0 aromatic heterocycles. The van der Waals surface area contributed by atoms with Crippen molar-refractivity contribution in [1.29, 1.82) is 0 Å². The van der Waals surface area contributed by atoms with E-state index >= 15 is 0 Å². The number of rotatable bonds is 3. The van der Waals surface area contributed by atoms with E-state index in [1.54, 1.807) is 0 Å². The number of carbonyl (C=O) groups excluding carboxylic acids is 2. The number of aromatic carboxylic acids is 1. The zero-order chi connectivity index (χ0) is 15.1. The summed E-state index contributed by atoms with van der Waals surface area (Å²) >= 11 is 0. The number of benzene rings is 1. The molecule has 1 aromatic rings. The lowest BCUT2D eigenvalue weighted by atomic mass is 9.97. The Morgan fingerprint density at radius 3 is 2.57 bits per heavy atom. The Kier molecular flexibility index (Phi) is 3.27. The van der Waals surface area contributed by atoms with Crippen LogP contribution in [0.1, 0.15) is 57.3 Å². The number of nitrogens with zero attached hydrogens (tertiary/aromatic N) is 1. The van der Waals surface area contributed by atoms with Gasteiger partial charge in [-0.05, 0) is 36.5 Å². The van der Waals surface area contributed by atoms with Gasteiger partial charge in [0.25, 0.3) is 11.8 Å². The molecule has 2 atom stereocenters. The Bertz CT molecular complexity index is 637. The number of hydrogen-bond donors (Lipinski definition) is 1. The third-order valence-electron chi connectivity index (χ3n) is 4.67. The van der Waals surface area contributed by atoms with Crippen LogP contribution in [0.15, 0.2) is 18.2 Å². The fraction of sp³-hybridized carbons (Fsp3) is 0.438. The molecule has 1 N–H and O–H groups in total. The minimum Gasteiger partial charge on any atom is -0.478 e. The van der Waals surface area contributed by atoms with E-state index in [0.717, 1.165) is 19.3 Å². The normalized spacial score (nSPS) is 24.5. The molecule has 110 valence electrons. The first-order valence-electron chi connectivity index (χ1n) is 7.22. The highest BCUT2D eigenvalue weighted by atomic mass is 16.4. The van der Waals surface area contributed by atoms with Crippen molar-refractivity contribution in [3.05, 3.63) is 34.9 Å². The van der Waals surface area contributed by atoms with E-state index in [-0.39, 0.29) is 22.9 Å². The second kappa shape index (κ2) is 4.98. The summed E-state index contributed by atoms with van der Waals surface area (Å²) in [6, 6.07) is 4.11. The van der Waals surface area contributed by atoms with Crippen LogP contribution in [-0.4, -0.2) is 34.3 Å². The molecule has 0 radical (unpaired) electrons. The molecule has 2 unspecified atom stereocenters. The number of carboxylic acid groups (broad SMARTS) is 1. The van der Waals surface area contributed by atoms with Crippen molar-refractivity contribution in [1.82, 2.24) is 4.90 Å². The molecule has 0 saturated heterocycles. The third kappa shape index (κ3) is 2.22. The highest BCUT2D eigenvalue weighted by molar-refractivity contribution is 6.21. The zero-order valence-corrected chi connectivity index (χ0v) is 11.8. The Labute approximate surface area is 122 Å². The van der Waals surface area contributed by atoms with Crippen molar-refractivity contribution in [3.63, 3.8) is 0 Å². The summed E-state index contributed by atoms with van der Waals surface area (Å²) in [7, 11) is 0. The van der Waals surface area contributed by atoms with Gasteiger partial charge in [0, 0.05) is 6.54 Å². The van der Waals surface area contributed by atoms with Gasteiger partial charge in [0.15, 0.2) is 0 Å². The van der Waals surface area contributed by atoms with Gasteiger partial charge in [-0.3, -0.25) is 14.5 Å². The lowest BCUT2D eigenvalue weighted by Gasteiger charge is -2.21. The van der Waals surface area contributed by atoms with Crippen LogP contribution in [0.5, 0.6) is 0 Å². The molecule has 1 aliphatic carbocycles. The van der Waals surface area contributed by atoms with Crippen LogP contribution in [0.25, 0.3) is 0 Å². The van der Waals surface area contributed by atoms with Gasteiger partial charge in [0.05, 0.1) is 16.7 Å². The van der Waals surface area contributed by atoms with E-state index in [4.69, 9.17) is 5.11 Å². The molecule has 5 nitrogen and oxygen atoms in total. The standard InChI is InChI=1S/C16H17NO4/c1-9-3-2-4-11(9)8-17-14(18)12-6-5-10(16(20)21)7-13(12)15(17)19/h5-7,9,11H,2-4,8H2,1H3,(H,20,21). The van der Waals surface area contributed by atoms with Crippen LogP contribution < -0.4 is 0 Å². The number of carboxylic acids is 1. The minimum absolute atomic E-state index is 0.0333. The number of fused-ring (bicyclic) bond motifs is 1. The van der Waals surface area contributed by atoms with Gasteiger partial charge in [-0.1, -0.05) is 19.8 Å². The van der Waals surface area contributed by atoms with Crippen molar-refractivity contribution in [3.8, 4) is 0 Å². The van der Waals surface area contributed by atoms with Crippen molar-refractivity contribution < 1.29 is 19.5 Å². The largest absolute Gasteiger partial charge is 0.478 e. The van der Waals surface area contributed by atoms with Gasteiger partial charge in [0.1, 0.15) is 0 Å². The molecule has 2 aliphatic rings.